The molecule has 0 saturated heterocycles. The van der Waals surface area contributed by atoms with Crippen molar-refractivity contribution in [2.24, 2.45) is 5.92 Å². The first-order valence-electron chi connectivity index (χ1n) is 5.32. The van der Waals surface area contributed by atoms with Gasteiger partial charge in [0.1, 0.15) is 5.82 Å². The van der Waals surface area contributed by atoms with Crippen LogP contribution in [0.25, 0.3) is 0 Å². The number of anilines is 1. The molecule has 0 spiro atoms. The number of nitrogens with zero attached hydrogens (tertiary/aromatic N) is 2. The Hall–Kier alpha value is -1.16. The van der Waals surface area contributed by atoms with Gasteiger partial charge in [0.25, 0.3) is 0 Å². The van der Waals surface area contributed by atoms with Crippen molar-refractivity contribution in [1.29, 1.82) is 0 Å². The second-order valence-electron chi connectivity index (χ2n) is 4.02. The Bertz CT molecular complexity index is 272. The smallest absolute Gasteiger partial charge is 0.141 e. The van der Waals surface area contributed by atoms with Crippen LogP contribution in [0, 0.1) is 5.92 Å². The number of hydrogen-bond acceptors (Lipinski definition) is 4. The van der Waals surface area contributed by atoms with Crippen molar-refractivity contribution >= 4 is 5.82 Å². The molecule has 4 nitrogen and oxygen atoms in total. The van der Waals surface area contributed by atoms with Gasteiger partial charge in [-0.25, -0.2) is 4.98 Å². The fourth-order valence-electron chi connectivity index (χ4n) is 1.21. The third-order valence-corrected chi connectivity index (χ3v) is 2.05. The molecule has 84 valence electrons. The van der Waals surface area contributed by atoms with Crippen molar-refractivity contribution < 1.29 is 4.74 Å². The first-order valence-corrected chi connectivity index (χ1v) is 5.32. The van der Waals surface area contributed by atoms with E-state index in [0.29, 0.717) is 12.4 Å². The molecule has 0 radical (unpaired) electrons. The van der Waals surface area contributed by atoms with Gasteiger partial charge in [0, 0.05) is 6.61 Å². The first kappa shape index (κ1) is 11.9. The molecule has 0 aromatic carbocycles. The zero-order chi connectivity index (χ0) is 11.1. The van der Waals surface area contributed by atoms with E-state index in [-0.39, 0.29) is 0 Å². The largest absolute Gasteiger partial charge is 0.382 e. The lowest BCUT2D eigenvalue weighted by molar-refractivity contribution is 0.112. The SMILES string of the molecule is CC(C)CCCOCc1cnc(N)cn1. The quantitative estimate of drug-likeness (QED) is 0.728. The van der Waals surface area contributed by atoms with Crippen LogP contribution in [0.15, 0.2) is 12.4 Å². The van der Waals surface area contributed by atoms with Gasteiger partial charge in [-0.1, -0.05) is 13.8 Å². The lowest BCUT2D eigenvalue weighted by Gasteiger charge is -2.05. The third kappa shape index (κ3) is 5.32. The summed E-state index contributed by atoms with van der Waals surface area (Å²) in [7, 11) is 0. The highest BCUT2D eigenvalue weighted by Gasteiger charge is 1.97. The second-order valence-corrected chi connectivity index (χ2v) is 4.02. The molecule has 0 aliphatic heterocycles. The van der Waals surface area contributed by atoms with Crippen molar-refractivity contribution in [2.45, 2.75) is 33.3 Å². The van der Waals surface area contributed by atoms with Crippen LogP contribution < -0.4 is 5.73 Å². The maximum Gasteiger partial charge on any atom is 0.141 e. The van der Waals surface area contributed by atoms with Crippen LogP contribution in [-0.2, 0) is 11.3 Å². The molecule has 1 aromatic rings. The Morgan fingerprint density at radius 1 is 1.33 bits per heavy atom. The van der Waals surface area contributed by atoms with E-state index in [4.69, 9.17) is 10.5 Å². The minimum atomic E-state index is 0.443. The van der Waals surface area contributed by atoms with Crippen LogP contribution in [0.2, 0.25) is 0 Å². The van der Waals surface area contributed by atoms with Crippen molar-refractivity contribution in [2.75, 3.05) is 12.3 Å². The van der Waals surface area contributed by atoms with Crippen molar-refractivity contribution in [1.82, 2.24) is 9.97 Å². The molecular weight excluding hydrogens is 190 g/mol. The van der Waals surface area contributed by atoms with Crippen LogP contribution in [0.4, 0.5) is 5.82 Å². The van der Waals surface area contributed by atoms with E-state index in [0.717, 1.165) is 24.6 Å². The number of nitrogens with two attached hydrogens (primary N) is 1. The van der Waals surface area contributed by atoms with Gasteiger partial charge >= 0.3 is 0 Å². The summed E-state index contributed by atoms with van der Waals surface area (Å²) in [6, 6.07) is 0. The van der Waals surface area contributed by atoms with Crippen LogP contribution >= 0.6 is 0 Å². The lowest BCUT2D eigenvalue weighted by atomic mass is 10.1. The average molecular weight is 209 g/mol. The summed E-state index contributed by atoms with van der Waals surface area (Å²) in [5, 5.41) is 0. The van der Waals surface area contributed by atoms with Crippen LogP contribution in [-0.4, -0.2) is 16.6 Å². The molecule has 0 saturated carbocycles. The van der Waals surface area contributed by atoms with Crippen LogP contribution in [0.3, 0.4) is 0 Å². The van der Waals surface area contributed by atoms with E-state index in [1.165, 1.54) is 6.42 Å². The number of nitrogen functional groups attached to an aromatic ring is 1. The third-order valence-electron chi connectivity index (χ3n) is 2.05. The first-order chi connectivity index (χ1) is 7.18. The lowest BCUT2D eigenvalue weighted by Crippen LogP contribution is -2.01. The molecule has 2 N–H and O–H groups in total. The number of rotatable bonds is 6. The van der Waals surface area contributed by atoms with Crippen LogP contribution in [0.1, 0.15) is 32.4 Å². The maximum absolute atomic E-state index is 5.47. The van der Waals surface area contributed by atoms with E-state index >= 15 is 0 Å². The van der Waals surface area contributed by atoms with E-state index in [9.17, 15) is 0 Å². The molecule has 0 aliphatic rings. The summed E-state index contributed by atoms with van der Waals surface area (Å²) >= 11 is 0. The summed E-state index contributed by atoms with van der Waals surface area (Å²) in [6.45, 7) is 5.73. The molecule has 0 amide bonds. The van der Waals surface area contributed by atoms with Crippen molar-refractivity contribution in [3.05, 3.63) is 18.1 Å². The fraction of sp³-hybridized carbons (Fsp3) is 0.636. The van der Waals surface area contributed by atoms with Crippen molar-refractivity contribution in [3.8, 4) is 0 Å². The Morgan fingerprint density at radius 2 is 2.13 bits per heavy atom. The van der Waals surface area contributed by atoms with Gasteiger partial charge in [0.2, 0.25) is 0 Å². The summed E-state index contributed by atoms with van der Waals surface area (Å²) < 4.78 is 5.47. The molecule has 1 heterocycles. The van der Waals surface area contributed by atoms with Crippen LogP contribution in [0.5, 0.6) is 0 Å². The summed E-state index contributed by atoms with van der Waals surface area (Å²) in [5.41, 5.74) is 6.25. The normalized spacial score (nSPS) is 10.9. The molecule has 0 atom stereocenters. The molecule has 4 heteroatoms. The highest BCUT2D eigenvalue weighted by atomic mass is 16.5. The molecule has 15 heavy (non-hydrogen) atoms. The Kier molecular flexibility index (Phi) is 5.04. The molecular formula is C11H19N3O. The predicted molar refractivity (Wildman–Crippen MR) is 60.2 cm³/mol. The molecule has 1 aromatic heterocycles. The highest BCUT2D eigenvalue weighted by Crippen LogP contribution is 2.04. The van der Waals surface area contributed by atoms with Gasteiger partial charge in [-0.05, 0) is 18.8 Å². The van der Waals surface area contributed by atoms with E-state index in [2.05, 4.69) is 23.8 Å². The molecule has 0 fully saturated rings. The molecule has 0 aliphatic carbocycles. The topological polar surface area (TPSA) is 61.0 Å². The fourth-order valence-corrected chi connectivity index (χ4v) is 1.21. The standard InChI is InChI=1S/C11H19N3O/c1-9(2)4-3-5-15-8-10-6-14-11(12)7-13-10/h6-7,9H,3-5,8H2,1-2H3,(H2,12,14). The van der Waals surface area contributed by atoms with Gasteiger partial charge in [-0.15, -0.1) is 0 Å². The van der Waals surface area contributed by atoms with Gasteiger partial charge in [-0.2, -0.15) is 0 Å². The predicted octanol–water partition coefficient (Wildman–Crippen LogP) is 2.01. The van der Waals surface area contributed by atoms with Crippen molar-refractivity contribution in [3.63, 3.8) is 0 Å². The van der Waals surface area contributed by atoms with E-state index in [1.807, 2.05) is 0 Å². The number of hydrogen-bond donors (Lipinski definition) is 1. The summed E-state index contributed by atoms with van der Waals surface area (Å²) in [5.74, 6) is 1.18. The Balaban J connectivity index is 2.12. The maximum atomic E-state index is 5.47. The van der Waals surface area contributed by atoms with Gasteiger partial charge < -0.3 is 10.5 Å². The van der Waals surface area contributed by atoms with E-state index < -0.39 is 0 Å². The monoisotopic (exact) mass is 209 g/mol. The van der Waals surface area contributed by atoms with Gasteiger partial charge in [0.15, 0.2) is 0 Å². The minimum Gasteiger partial charge on any atom is -0.382 e. The van der Waals surface area contributed by atoms with E-state index in [1.54, 1.807) is 12.4 Å². The summed E-state index contributed by atoms with van der Waals surface area (Å²) in [6.07, 6.45) is 5.50. The molecule has 0 unspecified atom stereocenters. The number of aromatic nitrogens is 2. The highest BCUT2D eigenvalue weighted by molar-refractivity contribution is 5.22. The summed E-state index contributed by atoms with van der Waals surface area (Å²) in [4.78, 5) is 8.04. The minimum absolute atomic E-state index is 0.443. The zero-order valence-electron chi connectivity index (χ0n) is 9.44. The molecule has 1 rings (SSSR count). The zero-order valence-corrected chi connectivity index (χ0v) is 9.44. The number of ether oxygens (including phenoxy) is 1. The Labute approximate surface area is 90.9 Å². The van der Waals surface area contributed by atoms with Gasteiger partial charge in [-0.3, -0.25) is 4.98 Å². The average Bonchev–Trinajstić information content (AvgIpc) is 2.20. The molecule has 0 bridgehead atoms. The Morgan fingerprint density at radius 3 is 2.73 bits per heavy atom. The van der Waals surface area contributed by atoms with Gasteiger partial charge in [0.05, 0.1) is 24.7 Å². The second kappa shape index (κ2) is 6.35.